The number of nitrogens with zero attached hydrogens (tertiary/aromatic N) is 2. The van der Waals surface area contributed by atoms with E-state index in [-0.39, 0.29) is 23.7 Å². The maximum Gasteiger partial charge on any atom is 0.422 e. The first-order chi connectivity index (χ1) is 18.1. The lowest BCUT2D eigenvalue weighted by molar-refractivity contribution is -0.154. The number of anilines is 1. The number of carbonyl (C=O) groups excluding carboxylic acids is 1. The summed E-state index contributed by atoms with van der Waals surface area (Å²) in [4.78, 5) is 12.9. The van der Waals surface area contributed by atoms with Crippen LogP contribution in [0.3, 0.4) is 0 Å². The number of nitrogens with one attached hydrogen (secondary N) is 3. The van der Waals surface area contributed by atoms with Crippen molar-refractivity contribution in [3.05, 3.63) is 71.8 Å². The third kappa shape index (κ3) is 6.98. The SMILES string of the molecule is COC(CC1CNCC1NC(=O)Nc1cc(OCC(F)(F)F)nn1-c1ccccc1)c1ccc(F)c(F)c1. The summed E-state index contributed by atoms with van der Waals surface area (Å²) in [6.07, 6.45) is -4.67. The number of aromatic nitrogens is 2. The maximum atomic E-state index is 13.7. The van der Waals surface area contributed by atoms with Gasteiger partial charge in [-0.1, -0.05) is 24.3 Å². The molecule has 0 saturated carbocycles. The number of ether oxygens (including phenoxy) is 2. The number of amides is 2. The van der Waals surface area contributed by atoms with Crippen molar-refractivity contribution in [3.8, 4) is 11.6 Å². The molecule has 38 heavy (non-hydrogen) atoms. The number of rotatable bonds is 9. The van der Waals surface area contributed by atoms with E-state index in [0.29, 0.717) is 30.8 Å². The van der Waals surface area contributed by atoms with E-state index in [4.69, 9.17) is 9.47 Å². The minimum atomic E-state index is -4.55. The number of alkyl halides is 3. The smallest absolute Gasteiger partial charge is 0.422 e. The normalized spacial score (nSPS) is 18.3. The second kappa shape index (κ2) is 11.8. The lowest BCUT2D eigenvalue weighted by atomic mass is 9.93. The second-order valence-electron chi connectivity index (χ2n) is 8.78. The molecule has 13 heteroatoms. The molecule has 0 spiro atoms. The van der Waals surface area contributed by atoms with Crippen LogP contribution in [0.15, 0.2) is 54.6 Å². The van der Waals surface area contributed by atoms with Crippen molar-refractivity contribution in [1.82, 2.24) is 20.4 Å². The average Bonchev–Trinajstić information content (AvgIpc) is 3.49. The number of para-hydroxylation sites is 1. The first kappa shape index (κ1) is 27.3. The molecule has 1 aromatic heterocycles. The first-order valence-electron chi connectivity index (χ1n) is 11.7. The lowest BCUT2D eigenvalue weighted by Crippen LogP contribution is -2.43. The number of urea groups is 1. The Kier molecular flexibility index (Phi) is 8.47. The number of hydrogen-bond acceptors (Lipinski definition) is 5. The number of carbonyl (C=O) groups is 1. The quantitative estimate of drug-likeness (QED) is 0.347. The first-order valence-corrected chi connectivity index (χ1v) is 11.7. The fraction of sp³-hybridized carbons (Fsp3) is 0.360. The summed E-state index contributed by atoms with van der Waals surface area (Å²) in [5.74, 6) is -2.24. The summed E-state index contributed by atoms with van der Waals surface area (Å²) in [5.41, 5.74) is 0.971. The predicted molar refractivity (Wildman–Crippen MR) is 128 cm³/mol. The molecule has 3 unspecified atom stereocenters. The zero-order valence-corrected chi connectivity index (χ0v) is 20.3. The van der Waals surface area contributed by atoms with Gasteiger partial charge in [0.25, 0.3) is 0 Å². The summed E-state index contributed by atoms with van der Waals surface area (Å²) in [6.45, 7) is -0.533. The van der Waals surface area contributed by atoms with Gasteiger partial charge in [0, 0.05) is 32.3 Å². The van der Waals surface area contributed by atoms with Crippen LogP contribution in [0.5, 0.6) is 5.88 Å². The second-order valence-corrected chi connectivity index (χ2v) is 8.78. The standard InChI is InChI=1S/C25H26F5N5O3/c1-37-21(15-7-8-18(26)19(27)9-15)10-16-12-31-13-20(16)32-24(36)33-22-11-23(38-14-25(28,29)30)34-35(22)17-5-3-2-4-6-17/h2-9,11,16,20-21,31H,10,12-14H2,1H3,(H2,32,33,36). The molecule has 0 aliphatic carbocycles. The van der Waals surface area contributed by atoms with Crippen LogP contribution in [-0.4, -0.2) is 54.8 Å². The molecule has 8 nitrogen and oxygen atoms in total. The number of benzene rings is 2. The molecule has 3 N–H and O–H groups in total. The average molecular weight is 540 g/mol. The molecule has 0 radical (unpaired) electrons. The molecule has 3 atom stereocenters. The highest BCUT2D eigenvalue weighted by atomic mass is 19.4. The van der Waals surface area contributed by atoms with Gasteiger partial charge in [0.05, 0.1) is 11.8 Å². The predicted octanol–water partition coefficient (Wildman–Crippen LogP) is 4.58. The maximum absolute atomic E-state index is 13.7. The van der Waals surface area contributed by atoms with E-state index >= 15 is 0 Å². The highest BCUT2D eigenvalue weighted by Gasteiger charge is 2.32. The van der Waals surface area contributed by atoms with Crippen molar-refractivity contribution >= 4 is 11.8 Å². The molecule has 1 aliphatic rings. The third-order valence-electron chi connectivity index (χ3n) is 6.09. The molecule has 4 rings (SSSR count). The Morgan fingerprint density at radius 1 is 1.13 bits per heavy atom. The van der Waals surface area contributed by atoms with E-state index in [1.54, 1.807) is 30.3 Å². The van der Waals surface area contributed by atoms with Gasteiger partial charge in [0.15, 0.2) is 18.2 Å². The van der Waals surface area contributed by atoms with E-state index in [1.165, 1.54) is 23.9 Å². The van der Waals surface area contributed by atoms with E-state index in [9.17, 15) is 26.7 Å². The Hall–Kier alpha value is -3.71. The molecule has 204 valence electrons. The van der Waals surface area contributed by atoms with Crippen molar-refractivity contribution < 1.29 is 36.2 Å². The van der Waals surface area contributed by atoms with E-state index in [0.717, 1.165) is 12.1 Å². The van der Waals surface area contributed by atoms with Gasteiger partial charge >= 0.3 is 12.2 Å². The van der Waals surface area contributed by atoms with Crippen molar-refractivity contribution in [3.63, 3.8) is 0 Å². The minimum absolute atomic E-state index is 0.102. The van der Waals surface area contributed by atoms with E-state index < -0.39 is 36.6 Å². The molecule has 2 amide bonds. The van der Waals surface area contributed by atoms with Crippen LogP contribution in [-0.2, 0) is 4.74 Å². The van der Waals surface area contributed by atoms with Gasteiger partial charge in [-0.25, -0.2) is 18.3 Å². The van der Waals surface area contributed by atoms with Gasteiger partial charge in [-0.3, -0.25) is 5.32 Å². The van der Waals surface area contributed by atoms with E-state index in [2.05, 4.69) is 21.0 Å². The van der Waals surface area contributed by atoms with Crippen LogP contribution < -0.4 is 20.7 Å². The summed E-state index contributed by atoms with van der Waals surface area (Å²) in [5, 5.41) is 12.7. The summed E-state index contributed by atoms with van der Waals surface area (Å²) in [7, 11) is 1.46. The van der Waals surface area contributed by atoms with Gasteiger partial charge in [-0.2, -0.15) is 13.2 Å². The highest BCUT2D eigenvalue weighted by Crippen LogP contribution is 2.29. The van der Waals surface area contributed by atoms with Gasteiger partial charge in [0.1, 0.15) is 5.82 Å². The molecule has 1 fully saturated rings. The van der Waals surface area contributed by atoms with Crippen molar-refractivity contribution in [2.45, 2.75) is 24.7 Å². The van der Waals surface area contributed by atoms with Crippen LogP contribution in [0.4, 0.5) is 32.6 Å². The number of halogens is 5. The molecular weight excluding hydrogens is 513 g/mol. The number of methoxy groups -OCH3 is 1. The largest absolute Gasteiger partial charge is 0.467 e. The minimum Gasteiger partial charge on any atom is -0.467 e. The molecule has 2 aromatic carbocycles. The zero-order valence-electron chi connectivity index (χ0n) is 20.3. The monoisotopic (exact) mass is 539 g/mol. The Labute approximate surface area is 215 Å². The van der Waals surface area contributed by atoms with Crippen LogP contribution in [0, 0.1) is 17.6 Å². The van der Waals surface area contributed by atoms with Crippen LogP contribution >= 0.6 is 0 Å². The lowest BCUT2D eigenvalue weighted by Gasteiger charge is -2.25. The summed E-state index contributed by atoms with van der Waals surface area (Å²) >= 11 is 0. The summed E-state index contributed by atoms with van der Waals surface area (Å²) in [6, 6.07) is 12.4. The van der Waals surface area contributed by atoms with E-state index in [1.807, 2.05) is 0 Å². The fourth-order valence-corrected chi connectivity index (χ4v) is 4.27. The van der Waals surface area contributed by atoms with Crippen molar-refractivity contribution in [2.24, 2.45) is 5.92 Å². The van der Waals surface area contributed by atoms with Gasteiger partial charge in [0.2, 0.25) is 5.88 Å². The zero-order chi connectivity index (χ0) is 27.3. The van der Waals surface area contributed by atoms with Crippen LogP contribution in [0.25, 0.3) is 5.69 Å². The molecule has 3 aromatic rings. The Bertz CT molecular complexity index is 1240. The van der Waals surface area contributed by atoms with Crippen molar-refractivity contribution in [1.29, 1.82) is 0 Å². The fourth-order valence-electron chi connectivity index (χ4n) is 4.27. The van der Waals surface area contributed by atoms with Gasteiger partial charge in [-0.05, 0) is 42.2 Å². The third-order valence-corrected chi connectivity index (χ3v) is 6.09. The molecule has 1 saturated heterocycles. The highest BCUT2D eigenvalue weighted by molar-refractivity contribution is 5.89. The van der Waals surface area contributed by atoms with Crippen molar-refractivity contribution in [2.75, 3.05) is 32.1 Å². The molecular formula is C25H26F5N5O3. The molecule has 1 aliphatic heterocycles. The van der Waals surface area contributed by atoms with Gasteiger partial charge < -0.3 is 20.1 Å². The Morgan fingerprint density at radius 2 is 1.89 bits per heavy atom. The molecule has 0 bridgehead atoms. The van der Waals surface area contributed by atoms with Crippen LogP contribution in [0.1, 0.15) is 18.1 Å². The Morgan fingerprint density at radius 3 is 2.58 bits per heavy atom. The molecule has 2 heterocycles. The number of hydrogen-bond donors (Lipinski definition) is 3. The topological polar surface area (TPSA) is 89.4 Å². The van der Waals surface area contributed by atoms with Crippen LogP contribution in [0.2, 0.25) is 0 Å². The van der Waals surface area contributed by atoms with Gasteiger partial charge in [-0.15, -0.1) is 5.10 Å². The Balaban J connectivity index is 1.44. The summed E-state index contributed by atoms with van der Waals surface area (Å²) < 4.78 is 76.5.